The van der Waals surface area contributed by atoms with Crippen molar-refractivity contribution in [3.05, 3.63) is 0 Å². The highest BCUT2D eigenvalue weighted by atomic mass is 16.5. The van der Waals surface area contributed by atoms with E-state index >= 15 is 0 Å². The highest BCUT2D eigenvalue weighted by Crippen LogP contribution is 2.25. The van der Waals surface area contributed by atoms with E-state index in [1.165, 1.54) is 12.8 Å². The van der Waals surface area contributed by atoms with Gasteiger partial charge in [0.25, 0.3) is 0 Å². The average Bonchev–Trinajstić information content (AvgIpc) is 2.74. The van der Waals surface area contributed by atoms with E-state index in [0.717, 1.165) is 26.1 Å². The Hall–Kier alpha value is -0.410. The van der Waals surface area contributed by atoms with Crippen LogP contribution in [0.15, 0.2) is 0 Å². The molecule has 1 saturated carbocycles. The van der Waals surface area contributed by atoms with Crippen LogP contribution in [0.25, 0.3) is 0 Å². The number of aliphatic hydroxyl groups is 1. The van der Waals surface area contributed by atoms with Crippen molar-refractivity contribution in [2.75, 3.05) is 13.2 Å². The number of ketones is 1. The van der Waals surface area contributed by atoms with Crippen LogP contribution in [0.3, 0.4) is 0 Å². The van der Waals surface area contributed by atoms with Crippen molar-refractivity contribution in [3.8, 4) is 0 Å². The van der Waals surface area contributed by atoms with Gasteiger partial charge in [-0.1, -0.05) is 0 Å². The number of ether oxygens (including phenoxy) is 1. The molecule has 0 unspecified atom stereocenters. The van der Waals surface area contributed by atoms with Crippen LogP contribution in [-0.2, 0) is 9.53 Å². The zero-order valence-electron chi connectivity index (χ0n) is 8.87. The predicted molar refractivity (Wildman–Crippen MR) is 54.1 cm³/mol. The Morgan fingerprint density at radius 2 is 1.93 bits per heavy atom. The van der Waals surface area contributed by atoms with Gasteiger partial charge in [0.2, 0.25) is 0 Å². The van der Waals surface area contributed by atoms with E-state index in [0.29, 0.717) is 6.42 Å². The quantitative estimate of drug-likeness (QED) is 0.698. The van der Waals surface area contributed by atoms with Crippen molar-refractivity contribution in [1.29, 1.82) is 0 Å². The lowest BCUT2D eigenvalue weighted by molar-refractivity contribution is -0.120. The smallest absolute Gasteiger partial charge is 0.133 e. The van der Waals surface area contributed by atoms with E-state index in [9.17, 15) is 4.79 Å². The van der Waals surface area contributed by atoms with E-state index in [1.54, 1.807) is 6.92 Å². The SMILES string of the molecule is C1CCOC1.CC(=O)[C@@H]1CC[C@@H](O)C1. The summed E-state index contributed by atoms with van der Waals surface area (Å²) in [6, 6.07) is 0. The number of aliphatic hydroxyl groups excluding tert-OH is 1. The summed E-state index contributed by atoms with van der Waals surface area (Å²) in [7, 11) is 0. The second-order valence-corrected chi connectivity index (χ2v) is 4.09. The lowest BCUT2D eigenvalue weighted by Gasteiger charge is -2.01. The number of hydrogen-bond acceptors (Lipinski definition) is 3. The van der Waals surface area contributed by atoms with Gasteiger partial charge >= 0.3 is 0 Å². The lowest BCUT2D eigenvalue weighted by Crippen LogP contribution is -2.07. The molecule has 1 heterocycles. The van der Waals surface area contributed by atoms with E-state index < -0.39 is 0 Å². The average molecular weight is 200 g/mol. The standard InChI is InChI=1S/C7H12O2.C4H8O/c1-5(8)6-2-3-7(9)4-6;1-2-4-5-3-1/h6-7,9H,2-4H2,1H3;1-4H2/t6-,7-;/m1./s1. The van der Waals surface area contributed by atoms with Crippen LogP contribution < -0.4 is 0 Å². The molecule has 2 rings (SSSR count). The molecule has 1 N–H and O–H groups in total. The number of carbonyl (C=O) groups is 1. The first kappa shape index (κ1) is 11.7. The molecule has 0 amide bonds. The van der Waals surface area contributed by atoms with Crippen LogP contribution in [0.2, 0.25) is 0 Å². The van der Waals surface area contributed by atoms with Crippen molar-refractivity contribution < 1.29 is 14.6 Å². The second kappa shape index (κ2) is 6.14. The van der Waals surface area contributed by atoms with Gasteiger partial charge in [-0.05, 0) is 39.0 Å². The first-order chi connectivity index (χ1) is 6.70. The van der Waals surface area contributed by atoms with E-state index in [-0.39, 0.29) is 17.8 Å². The molecule has 0 aromatic heterocycles. The van der Waals surface area contributed by atoms with Crippen molar-refractivity contribution >= 4 is 5.78 Å². The molecule has 0 aromatic rings. The first-order valence-corrected chi connectivity index (χ1v) is 5.46. The fourth-order valence-corrected chi connectivity index (χ4v) is 1.84. The molecule has 14 heavy (non-hydrogen) atoms. The second-order valence-electron chi connectivity index (χ2n) is 4.09. The number of carbonyl (C=O) groups excluding carboxylic acids is 1. The minimum Gasteiger partial charge on any atom is -0.393 e. The largest absolute Gasteiger partial charge is 0.393 e. The summed E-state index contributed by atoms with van der Waals surface area (Å²) >= 11 is 0. The van der Waals surface area contributed by atoms with Crippen LogP contribution >= 0.6 is 0 Å². The molecular formula is C11H20O3. The molecule has 0 aromatic carbocycles. The van der Waals surface area contributed by atoms with Gasteiger partial charge < -0.3 is 9.84 Å². The fraction of sp³-hybridized carbons (Fsp3) is 0.909. The summed E-state index contributed by atoms with van der Waals surface area (Å²) < 4.78 is 4.94. The van der Waals surface area contributed by atoms with Crippen molar-refractivity contribution in [3.63, 3.8) is 0 Å². The summed E-state index contributed by atoms with van der Waals surface area (Å²) in [4.78, 5) is 10.7. The molecular weight excluding hydrogens is 180 g/mol. The van der Waals surface area contributed by atoms with Gasteiger partial charge in [-0.3, -0.25) is 4.79 Å². The Morgan fingerprint density at radius 1 is 1.29 bits per heavy atom. The van der Waals surface area contributed by atoms with E-state index in [1.807, 2.05) is 0 Å². The number of hydrogen-bond donors (Lipinski definition) is 1. The summed E-state index contributed by atoms with van der Waals surface area (Å²) in [5.41, 5.74) is 0. The van der Waals surface area contributed by atoms with Gasteiger partial charge in [0.15, 0.2) is 0 Å². The molecule has 3 heteroatoms. The molecule has 0 bridgehead atoms. The highest BCUT2D eigenvalue weighted by molar-refractivity contribution is 5.78. The molecule has 1 saturated heterocycles. The van der Waals surface area contributed by atoms with Crippen molar-refractivity contribution in [2.24, 2.45) is 5.92 Å². The Balaban J connectivity index is 0.000000165. The summed E-state index contributed by atoms with van der Waals surface area (Å²) in [5.74, 6) is 0.381. The summed E-state index contributed by atoms with van der Waals surface area (Å²) in [5, 5.41) is 9.00. The van der Waals surface area contributed by atoms with Gasteiger partial charge in [-0.25, -0.2) is 0 Å². The Kier molecular flexibility index (Phi) is 5.12. The zero-order valence-corrected chi connectivity index (χ0v) is 8.87. The maximum atomic E-state index is 10.7. The van der Waals surface area contributed by atoms with Gasteiger partial charge in [-0.2, -0.15) is 0 Å². The lowest BCUT2D eigenvalue weighted by atomic mass is 10.0. The Morgan fingerprint density at radius 3 is 2.14 bits per heavy atom. The third-order valence-corrected chi connectivity index (χ3v) is 2.81. The molecule has 82 valence electrons. The van der Waals surface area contributed by atoms with Gasteiger partial charge in [0.05, 0.1) is 6.10 Å². The van der Waals surface area contributed by atoms with Crippen molar-refractivity contribution in [2.45, 2.75) is 45.1 Å². The zero-order chi connectivity index (χ0) is 10.4. The molecule has 3 nitrogen and oxygen atoms in total. The molecule has 2 atom stereocenters. The normalized spacial score (nSPS) is 31.0. The molecule has 0 radical (unpaired) electrons. The van der Waals surface area contributed by atoms with E-state index in [4.69, 9.17) is 9.84 Å². The van der Waals surface area contributed by atoms with Crippen LogP contribution in [-0.4, -0.2) is 30.2 Å². The molecule has 0 spiro atoms. The number of Topliss-reactive ketones (excluding diaryl/α,β-unsaturated/α-hetero) is 1. The van der Waals surface area contributed by atoms with Crippen LogP contribution in [0.5, 0.6) is 0 Å². The summed E-state index contributed by atoms with van der Waals surface area (Å²) in [6.45, 7) is 3.60. The summed E-state index contributed by atoms with van der Waals surface area (Å²) in [6.07, 6.45) is 4.73. The van der Waals surface area contributed by atoms with Gasteiger partial charge in [0, 0.05) is 19.1 Å². The third kappa shape index (κ3) is 4.20. The molecule has 2 fully saturated rings. The fourth-order valence-electron chi connectivity index (χ4n) is 1.84. The first-order valence-electron chi connectivity index (χ1n) is 5.46. The van der Waals surface area contributed by atoms with Crippen LogP contribution in [0.4, 0.5) is 0 Å². The third-order valence-electron chi connectivity index (χ3n) is 2.81. The number of rotatable bonds is 1. The van der Waals surface area contributed by atoms with Gasteiger partial charge in [-0.15, -0.1) is 0 Å². The van der Waals surface area contributed by atoms with Crippen molar-refractivity contribution in [1.82, 2.24) is 0 Å². The van der Waals surface area contributed by atoms with E-state index in [2.05, 4.69) is 0 Å². The van der Waals surface area contributed by atoms with Crippen LogP contribution in [0.1, 0.15) is 39.0 Å². The monoisotopic (exact) mass is 200 g/mol. The topological polar surface area (TPSA) is 46.5 Å². The predicted octanol–water partition coefficient (Wildman–Crippen LogP) is 1.53. The highest BCUT2D eigenvalue weighted by Gasteiger charge is 2.25. The maximum absolute atomic E-state index is 10.7. The van der Waals surface area contributed by atoms with Gasteiger partial charge in [0.1, 0.15) is 5.78 Å². The Labute approximate surface area is 85.5 Å². The minimum absolute atomic E-state index is 0.153. The minimum atomic E-state index is -0.209. The molecule has 1 aliphatic carbocycles. The van der Waals surface area contributed by atoms with Crippen LogP contribution in [0, 0.1) is 5.92 Å². The Bertz CT molecular complexity index is 168. The molecule has 1 aliphatic heterocycles. The maximum Gasteiger partial charge on any atom is 0.133 e. The molecule has 2 aliphatic rings.